The molecule has 3 amide bonds. The van der Waals surface area contributed by atoms with Gasteiger partial charge in [0.1, 0.15) is 5.75 Å². The lowest BCUT2D eigenvalue weighted by Gasteiger charge is -2.17. The van der Waals surface area contributed by atoms with E-state index in [1.165, 1.54) is 10.5 Å². The molecule has 1 fully saturated rings. The van der Waals surface area contributed by atoms with Crippen molar-refractivity contribution in [1.82, 2.24) is 4.90 Å². The molecular formula is C24H26N2O5. The third kappa shape index (κ3) is 4.61. The molecule has 1 saturated heterocycles. The predicted octanol–water partition coefficient (Wildman–Crippen LogP) is 3.60. The average Bonchev–Trinajstić information content (AvgIpc) is 3.36. The number of rotatable bonds is 7. The van der Waals surface area contributed by atoms with Crippen molar-refractivity contribution >= 4 is 23.4 Å². The Morgan fingerprint density at radius 1 is 1.13 bits per heavy atom. The summed E-state index contributed by atoms with van der Waals surface area (Å²) in [4.78, 5) is 38.8. The highest BCUT2D eigenvalue weighted by atomic mass is 16.5. The quantitative estimate of drug-likeness (QED) is 0.689. The minimum atomic E-state index is -0.354. The second kappa shape index (κ2) is 8.89. The van der Waals surface area contributed by atoms with Crippen molar-refractivity contribution in [1.29, 1.82) is 0 Å². The van der Waals surface area contributed by atoms with E-state index in [2.05, 4.69) is 19.2 Å². The van der Waals surface area contributed by atoms with Crippen LogP contribution in [0.1, 0.15) is 58.9 Å². The lowest BCUT2D eigenvalue weighted by atomic mass is 10.0. The van der Waals surface area contributed by atoms with Crippen LogP contribution in [0.2, 0.25) is 0 Å². The van der Waals surface area contributed by atoms with Gasteiger partial charge in [0, 0.05) is 12.3 Å². The van der Waals surface area contributed by atoms with Gasteiger partial charge in [-0.3, -0.25) is 19.3 Å². The number of nitrogens with one attached hydrogen (secondary N) is 1. The normalized spacial score (nSPS) is 17.9. The average molecular weight is 422 g/mol. The molecular weight excluding hydrogens is 396 g/mol. The van der Waals surface area contributed by atoms with Gasteiger partial charge in [-0.2, -0.15) is 0 Å². The van der Waals surface area contributed by atoms with Crippen LogP contribution in [0.25, 0.3) is 0 Å². The van der Waals surface area contributed by atoms with Crippen LogP contribution in [0, 0.1) is 0 Å². The smallest absolute Gasteiger partial charge is 0.262 e. The van der Waals surface area contributed by atoms with E-state index in [0.717, 1.165) is 12.8 Å². The van der Waals surface area contributed by atoms with Crippen LogP contribution in [0.4, 0.5) is 5.69 Å². The Hall–Kier alpha value is -3.19. The van der Waals surface area contributed by atoms with Gasteiger partial charge in [0.15, 0.2) is 6.61 Å². The first kappa shape index (κ1) is 21.1. The molecule has 2 heterocycles. The summed E-state index contributed by atoms with van der Waals surface area (Å²) in [5.41, 5.74) is 2.29. The number of ether oxygens (including phenoxy) is 2. The number of amides is 3. The standard InChI is InChI=1S/C24H26N2O5/c1-15(2)16-5-8-18(9-6-16)31-14-22(27)25-17-7-10-20-21(12-17)24(29)26(23(20)28)13-19-4-3-11-30-19/h5-10,12,15,19H,3-4,11,13-14H2,1-2H3,(H,25,27). The van der Waals surface area contributed by atoms with Crippen LogP contribution in [-0.2, 0) is 9.53 Å². The third-order valence-electron chi connectivity index (χ3n) is 5.58. The van der Waals surface area contributed by atoms with Gasteiger partial charge in [0.05, 0.1) is 23.8 Å². The van der Waals surface area contributed by atoms with Gasteiger partial charge in [0.25, 0.3) is 17.7 Å². The molecule has 162 valence electrons. The molecule has 0 bridgehead atoms. The first-order valence-corrected chi connectivity index (χ1v) is 10.6. The van der Waals surface area contributed by atoms with Gasteiger partial charge in [-0.1, -0.05) is 26.0 Å². The molecule has 2 aliphatic rings. The number of nitrogens with zero attached hydrogens (tertiary/aromatic N) is 1. The number of fused-ring (bicyclic) bond motifs is 1. The Bertz CT molecular complexity index is 994. The lowest BCUT2D eigenvalue weighted by Crippen LogP contribution is -2.36. The largest absolute Gasteiger partial charge is 0.484 e. The number of carbonyl (C=O) groups is 3. The number of carbonyl (C=O) groups excluding carboxylic acids is 3. The molecule has 0 aromatic heterocycles. The van der Waals surface area contributed by atoms with E-state index in [1.54, 1.807) is 18.2 Å². The number of benzene rings is 2. The predicted molar refractivity (Wildman–Crippen MR) is 115 cm³/mol. The summed E-state index contributed by atoms with van der Waals surface area (Å²) < 4.78 is 11.1. The Labute approximate surface area is 181 Å². The molecule has 0 spiro atoms. The maximum Gasteiger partial charge on any atom is 0.262 e. The Morgan fingerprint density at radius 3 is 2.55 bits per heavy atom. The first-order valence-electron chi connectivity index (χ1n) is 10.6. The van der Waals surface area contributed by atoms with Gasteiger partial charge in [-0.25, -0.2) is 0 Å². The van der Waals surface area contributed by atoms with Gasteiger partial charge >= 0.3 is 0 Å². The van der Waals surface area contributed by atoms with Crippen molar-refractivity contribution in [3.63, 3.8) is 0 Å². The molecule has 1 N–H and O–H groups in total. The highest BCUT2D eigenvalue weighted by Crippen LogP contribution is 2.27. The monoisotopic (exact) mass is 422 g/mol. The van der Waals surface area contributed by atoms with Crippen LogP contribution < -0.4 is 10.1 Å². The highest BCUT2D eigenvalue weighted by Gasteiger charge is 2.37. The van der Waals surface area contributed by atoms with E-state index in [0.29, 0.717) is 35.1 Å². The van der Waals surface area contributed by atoms with Crippen molar-refractivity contribution < 1.29 is 23.9 Å². The molecule has 7 nitrogen and oxygen atoms in total. The molecule has 31 heavy (non-hydrogen) atoms. The zero-order chi connectivity index (χ0) is 22.0. The molecule has 2 aromatic carbocycles. The molecule has 2 aliphatic heterocycles. The van der Waals surface area contributed by atoms with Crippen molar-refractivity contribution in [2.24, 2.45) is 0 Å². The SMILES string of the molecule is CC(C)c1ccc(OCC(=O)Nc2ccc3c(c2)C(=O)N(CC2CCCO2)C3=O)cc1. The van der Waals surface area contributed by atoms with Gasteiger partial charge in [-0.15, -0.1) is 0 Å². The van der Waals surface area contributed by atoms with E-state index in [-0.39, 0.29) is 37.0 Å². The zero-order valence-electron chi connectivity index (χ0n) is 17.7. The molecule has 4 rings (SSSR count). The molecule has 1 atom stereocenters. The Balaban J connectivity index is 1.36. The summed E-state index contributed by atoms with van der Waals surface area (Å²) in [6.45, 7) is 4.99. The lowest BCUT2D eigenvalue weighted by molar-refractivity contribution is -0.118. The van der Waals surface area contributed by atoms with E-state index >= 15 is 0 Å². The van der Waals surface area contributed by atoms with Crippen LogP contribution in [-0.4, -0.2) is 48.5 Å². The number of hydrogen-bond donors (Lipinski definition) is 1. The molecule has 7 heteroatoms. The van der Waals surface area contributed by atoms with Crippen molar-refractivity contribution in [3.8, 4) is 5.75 Å². The molecule has 1 unspecified atom stereocenters. The van der Waals surface area contributed by atoms with Gasteiger partial charge < -0.3 is 14.8 Å². The third-order valence-corrected chi connectivity index (χ3v) is 5.58. The van der Waals surface area contributed by atoms with Crippen molar-refractivity contribution in [3.05, 3.63) is 59.2 Å². The Morgan fingerprint density at radius 2 is 1.87 bits per heavy atom. The van der Waals surface area contributed by atoms with Crippen LogP contribution in [0.15, 0.2) is 42.5 Å². The van der Waals surface area contributed by atoms with E-state index in [4.69, 9.17) is 9.47 Å². The summed E-state index contributed by atoms with van der Waals surface area (Å²) in [6.07, 6.45) is 1.68. The topological polar surface area (TPSA) is 84.9 Å². The second-order valence-electron chi connectivity index (χ2n) is 8.18. The number of imide groups is 1. The van der Waals surface area contributed by atoms with Crippen LogP contribution in [0.5, 0.6) is 5.75 Å². The van der Waals surface area contributed by atoms with Gasteiger partial charge in [0.2, 0.25) is 0 Å². The summed E-state index contributed by atoms with van der Waals surface area (Å²) in [6, 6.07) is 12.4. The fourth-order valence-corrected chi connectivity index (χ4v) is 3.82. The van der Waals surface area contributed by atoms with E-state index in [1.807, 2.05) is 24.3 Å². The van der Waals surface area contributed by atoms with Gasteiger partial charge in [-0.05, 0) is 54.7 Å². The van der Waals surface area contributed by atoms with Crippen LogP contribution in [0.3, 0.4) is 0 Å². The van der Waals surface area contributed by atoms with Crippen molar-refractivity contribution in [2.75, 3.05) is 25.1 Å². The maximum atomic E-state index is 12.7. The molecule has 0 radical (unpaired) electrons. The number of anilines is 1. The fraction of sp³-hybridized carbons (Fsp3) is 0.375. The molecule has 0 aliphatic carbocycles. The minimum absolute atomic E-state index is 0.104. The van der Waals surface area contributed by atoms with Crippen LogP contribution >= 0.6 is 0 Å². The fourth-order valence-electron chi connectivity index (χ4n) is 3.82. The summed E-state index contributed by atoms with van der Waals surface area (Å²) in [5.74, 6) is 0.0166. The summed E-state index contributed by atoms with van der Waals surface area (Å²) in [7, 11) is 0. The van der Waals surface area contributed by atoms with E-state index in [9.17, 15) is 14.4 Å². The number of hydrogen-bond acceptors (Lipinski definition) is 5. The van der Waals surface area contributed by atoms with E-state index < -0.39 is 0 Å². The summed E-state index contributed by atoms with van der Waals surface area (Å²) >= 11 is 0. The Kier molecular flexibility index (Phi) is 6.04. The summed E-state index contributed by atoms with van der Waals surface area (Å²) in [5, 5.41) is 2.72. The zero-order valence-corrected chi connectivity index (χ0v) is 17.7. The second-order valence-corrected chi connectivity index (χ2v) is 8.18. The molecule has 0 saturated carbocycles. The highest BCUT2D eigenvalue weighted by molar-refractivity contribution is 6.21. The first-order chi connectivity index (χ1) is 14.9. The van der Waals surface area contributed by atoms with Crippen molar-refractivity contribution in [2.45, 2.75) is 38.7 Å². The molecule has 2 aromatic rings. The minimum Gasteiger partial charge on any atom is -0.484 e. The maximum absolute atomic E-state index is 12.7.